The fraction of sp³-hybridized carbons (Fsp3) is 0.235. The summed E-state index contributed by atoms with van der Waals surface area (Å²) in [4.78, 5) is 12.6. The van der Waals surface area contributed by atoms with Gasteiger partial charge >= 0.3 is 12.2 Å². The Hall–Kier alpha value is -2.14. The maximum Gasteiger partial charge on any atom is 0.416 e. The second-order valence-electron chi connectivity index (χ2n) is 5.92. The van der Waals surface area contributed by atoms with Crippen LogP contribution in [0.2, 0.25) is 5.02 Å². The molecule has 2 aromatic carbocycles. The monoisotopic (exact) mass is 434 g/mol. The zero-order chi connectivity index (χ0) is 21.2. The van der Waals surface area contributed by atoms with Crippen LogP contribution in [-0.2, 0) is 12.8 Å². The van der Waals surface area contributed by atoms with E-state index in [1.165, 1.54) is 19.2 Å². The molecule has 4 N–H and O–H groups in total. The van der Waals surface area contributed by atoms with Crippen LogP contribution in [0.4, 0.5) is 23.7 Å². The van der Waals surface area contributed by atoms with Gasteiger partial charge in [0.1, 0.15) is 12.4 Å². The molecule has 0 saturated heterocycles. The SMILES string of the molecule is Cc1cc(OCc2c(N(N)C(=O)N(C)N)cccc2C(F)(F)F)c(Cl)cc1S. The summed E-state index contributed by atoms with van der Waals surface area (Å²) in [5.41, 5.74) is -0.800. The van der Waals surface area contributed by atoms with E-state index in [4.69, 9.17) is 28.0 Å². The molecule has 0 unspecified atom stereocenters. The highest BCUT2D eigenvalue weighted by Crippen LogP contribution is 2.37. The molecule has 2 rings (SSSR count). The fourth-order valence-electron chi connectivity index (χ4n) is 2.40. The molecule has 6 nitrogen and oxygen atoms in total. The number of urea groups is 1. The quantitative estimate of drug-likeness (QED) is 0.292. The third-order valence-electron chi connectivity index (χ3n) is 3.85. The molecule has 0 heterocycles. The Bertz CT molecular complexity index is 893. The van der Waals surface area contributed by atoms with Crippen LogP contribution in [0.3, 0.4) is 0 Å². The molecular weight excluding hydrogens is 417 g/mol. The van der Waals surface area contributed by atoms with Crippen molar-refractivity contribution in [1.82, 2.24) is 5.01 Å². The summed E-state index contributed by atoms with van der Waals surface area (Å²) in [5, 5.41) is 1.36. The molecule has 0 atom stereocenters. The highest BCUT2D eigenvalue weighted by atomic mass is 35.5. The van der Waals surface area contributed by atoms with Gasteiger partial charge in [-0.1, -0.05) is 17.7 Å². The molecule has 0 radical (unpaired) electrons. The van der Waals surface area contributed by atoms with Gasteiger partial charge in [-0.05, 0) is 36.8 Å². The molecule has 0 spiro atoms. The Balaban J connectivity index is 2.48. The molecule has 0 bridgehead atoms. The molecule has 0 aliphatic rings. The zero-order valence-corrected chi connectivity index (χ0v) is 16.6. The zero-order valence-electron chi connectivity index (χ0n) is 14.9. The number of ether oxygens (including phenoxy) is 1. The first-order valence-corrected chi connectivity index (χ1v) is 8.64. The minimum absolute atomic E-state index is 0.172. The number of anilines is 1. The molecule has 0 saturated carbocycles. The minimum Gasteiger partial charge on any atom is -0.487 e. The Morgan fingerprint density at radius 3 is 2.50 bits per heavy atom. The van der Waals surface area contributed by atoms with E-state index in [0.717, 1.165) is 17.7 Å². The molecule has 2 aromatic rings. The molecular formula is C17H18ClF3N4O2S. The van der Waals surface area contributed by atoms with Gasteiger partial charge in [0, 0.05) is 17.5 Å². The third kappa shape index (κ3) is 4.82. The van der Waals surface area contributed by atoms with Gasteiger partial charge in [0.05, 0.1) is 16.3 Å². The highest BCUT2D eigenvalue weighted by Gasteiger charge is 2.35. The number of aryl methyl sites for hydroxylation is 1. The van der Waals surface area contributed by atoms with Crippen LogP contribution >= 0.6 is 24.2 Å². The molecule has 0 aliphatic heterocycles. The average molecular weight is 435 g/mol. The third-order valence-corrected chi connectivity index (χ3v) is 4.62. The number of hydrazine groups is 2. The first kappa shape index (κ1) is 22.2. The maximum atomic E-state index is 13.5. The molecule has 0 aromatic heterocycles. The number of alkyl halides is 3. The number of nitrogens with two attached hydrogens (primary N) is 2. The van der Waals surface area contributed by atoms with Gasteiger partial charge in [-0.2, -0.15) is 13.2 Å². The van der Waals surface area contributed by atoms with E-state index >= 15 is 0 Å². The van der Waals surface area contributed by atoms with E-state index in [0.29, 0.717) is 14.9 Å². The number of carbonyl (C=O) groups excluding carboxylic acids is 1. The molecule has 0 fully saturated rings. The minimum atomic E-state index is -4.69. The molecule has 2 amide bonds. The van der Waals surface area contributed by atoms with Crippen molar-refractivity contribution in [2.24, 2.45) is 11.7 Å². The Morgan fingerprint density at radius 2 is 1.93 bits per heavy atom. The second-order valence-corrected chi connectivity index (χ2v) is 6.81. The number of amides is 2. The van der Waals surface area contributed by atoms with E-state index in [2.05, 4.69) is 12.6 Å². The average Bonchev–Trinajstić information content (AvgIpc) is 2.61. The predicted octanol–water partition coefficient (Wildman–Crippen LogP) is 4.14. The van der Waals surface area contributed by atoms with Gasteiger partial charge in [-0.15, -0.1) is 12.6 Å². The summed E-state index contributed by atoms with van der Waals surface area (Å²) in [7, 11) is 1.22. The topological polar surface area (TPSA) is 84.8 Å². The lowest BCUT2D eigenvalue weighted by Gasteiger charge is -2.25. The molecule has 152 valence electrons. The lowest BCUT2D eigenvalue weighted by Crippen LogP contribution is -2.49. The molecule has 11 heteroatoms. The van der Waals surface area contributed by atoms with Crippen LogP contribution in [-0.4, -0.2) is 18.1 Å². The van der Waals surface area contributed by atoms with Crippen molar-refractivity contribution >= 4 is 35.9 Å². The van der Waals surface area contributed by atoms with Crippen molar-refractivity contribution in [3.8, 4) is 5.75 Å². The number of halogens is 4. The van der Waals surface area contributed by atoms with Crippen LogP contribution < -0.4 is 21.4 Å². The lowest BCUT2D eigenvalue weighted by atomic mass is 10.0. The Morgan fingerprint density at radius 1 is 1.29 bits per heavy atom. The van der Waals surface area contributed by atoms with Crippen molar-refractivity contribution in [3.05, 3.63) is 52.0 Å². The van der Waals surface area contributed by atoms with E-state index in [1.807, 2.05) is 0 Å². The number of nitrogens with zero attached hydrogens (tertiary/aromatic N) is 2. The van der Waals surface area contributed by atoms with E-state index < -0.39 is 24.4 Å². The lowest BCUT2D eigenvalue weighted by molar-refractivity contribution is -0.138. The Kier molecular flexibility index (Phi) is 6.71. The molecule has 28 heavy (non-hydrogen) atoms. The summed E-state index contributed by atoms with van der Waals surface area (Å²) in [6.07, 6.45) is -4.69. The van der Waals surface area contributed by atoms with E-state index in [-0.39, 0.29) is 22.0 Å². The van der Waals surface area contributed by atoms with Gasteiger partial charge in [0.25, 0.3) is 0 Å². The summed E-state index contributed by atoms with van der Waals surface area (Å²) in [6.45, 7) is 1.21. The normalized spacial score (nSPS) is 11.3. The van der Waals surface area contributed by atoms with E-state index in [1.54, 1.807) is 13.0 Å². The van der Waals surface area contributed by atoms with Crippen molar-refractivity contribution < 1.29 is 22.7 Å². The number of hydrogen-bond acceptors (Lipinski definition) is 5. The predicted molar refractivity (Wildman–Crippen MR) is 103 cm³/mol. The van der Waals surface area contributed by atoms with Crippen LogP contribution in [0.1, 0.15) is 16.7 Å². The highest BCUT2D eigenvalue weighted by molar-refractivity contribution is 7.80. The first-order valence-electron chi connectivity index (χ1n) is 7.81. The fourth-order valence-corrected chi connectivity index (χ4v) is 2.88. The van der Waals surface area contributed by atoms with Crippen molar-refractivity contribution in [2.45, 2.75) is 24.6 Å². The van der Waals surface area contributed by atoms with Crippen molar-refractivity contribution in [1.29, 1.82) is 0 Å². The summed E-state index contributed by atoms with van der Waals surface area (Å²) in [6, 6.07) is 5.44. The summed E-state index contributed by atoms with van der Waals surface area (Å²) < 4.78 is 46.0. The summed E-state index contributed by atoms with van der Waals surface area (Å²) in [5.74, 6) is 11.2. The number of carbonyl (C=O) groups is 1. The number of hydrogen-bond donors (Lipinski definition) is 3. The van der Waals surface area contributed by atoms with Gasteiger partial charge in [-0.3, -0.25) is 5.01 Å². The van der Waals surface area contributed by atoms with E-state index in [9.17, 15) is 18.0 Å². The smallest absolute Gasteiger partial charge is 0.416 e. The second kappa shape index (κ2) is 8.48. The van der Waals surface area contributed by atoms with Crippen LogP contribution in [0.25, 0.3) is 0 Å². The largest absolute Gasteiger partial charge is 0.487 e. The summed E-state index contributed by atoms with van der Waals surface area (Å²) >= 11 is 10.3. The van der Waals surface area contributed by atoms with Crippen molar-refractivity contribution in [2.75, 3.05) is 12.1 Å². The molecule has 0 aliphatic carbocycles. The van der Waals surface area contributed by atoms with Gasteiger partial charge < -0.3 is 4.74 Å². The Labute approximate surface area is 170 Å². The first-order chi connectivity index (χ1) is 12.9. The van der Waals surface area contributed by atoms with Gasteiger partial charge in [0.15, 0.2) is 0 Å². The standard InChI is InChI=1S/C17H18ClF3N4O2S/c1-9-6-14(12(18)7-15(9)28)27-8-10-11(17(19,20)21)4-3-5-13(10)25(23)16(26)24(2)22/h3-7,28H,8,22-23H2,1-2H3. The van der Waals surface area contributed by atoms with Crippen molar-refractivity contribution in [3.63, 3.8) is 0 Å². The maximum absolute atomic E-state index is 13.5. The number of thiol groups is 1. The van der Waals surface area contributed by atoms with Crippen LogP contribution in [0.15, 0.2) is 35.2 Å². The van der Waals surface area contributed by atoms with Gasteiger partial charge in [0.2, 0.25) is 0 Å². The number of benzene rings is 2. The van der Waals surface area contributed by atoms with Crippen LogP contribution in [0, 0.1) is 6.92 Å². The number of rotatable bonds is 4. The van der Waals surface area contributed by atoms with Gasteiger partial charge in [-0.25, -0.2) is 21.5 Å². The van der Waals surface area contributed by atoms with Crippen LogP contribution in [0.5, 0.6) is 5.75 Å².